The molecule has 0 saturated carbocycles. The van der Waals surface area contributed by atoms with Crippen molar-refractivity contribution in [1.82, 2.24) is 25.6 Å². The molecule has 7 nitrogen and oxygen atoms in total. The quantitative estimate of drug-likeness (QED) is 0.496. The predicted octanol–water partition coefficient (Wildman–Crippen LogP) is 2.85. The Hall–Kier alpha value is -3.09. The largest absolute Gasteiger partial charge is 0.361 e. The first kappa shape index (κ1) is 18.7. The molecule has 0 bridgehead atoms. The van der Waals surface area contributed by atoms with E-state index in [0.717, 1.165) is 47.2 Å². The van der Waals surface area contributed by atoms with Gasteiger partial charge in [0.05, 0.1) is 23.6 Å². The van der Waals surface area contributed by atoms with Crippen molar-refractivity contribution in [2.75, 3.05) is 7.05 Å². The number of nitrogens with one attached hydrogen (secondary N) is 2. The first-order valence-electron chi connectivity index (χ1n) is 9.25. The van der Waals surface area contributed by atoms with Gasteiger partial charge in [0.25, 0.3) is 0 Å². The van der Waals surface area contributed by atoms with E-state index in [1.165, 1.54) is 0 Å². The molecule has 3 aromatic rings. The Bertz CT molecular complexity index is 860. The van der Waals surface area contributed by atoms with Crippen LogP contribution in [0.2, 0.25) is 0 Å². The number of guanidine groups is 1. The summed E-state index contributed by atoms with van der Waals surface area (Å²) in [5.41, 5.74) is 4.10. The van der Waals surface area contributed by atoms with Crippen LogP contribution in [0.25, 0.3) is 5.69 Å². The second-order valence-electron chi connectivity index (χ2n) is 6.10. The Kier molecular flexibility index (Phi) is 6.25. The average Bonchev–Trinajstić information content (AvgIpc) is 3.35. The second-order valence-corrected chi connectivity index (χ2v) is 6.10. The third-order valence-electron chi connectivity index (χ3n) is 4.37. The van der Waals surface area contributed by atoms with Gasteiger partial charge in [0, 0.05) is 31.8 Å². The summed E-state index contributed by atoms with van der Waals surface area (Å²) >= 11 is 0. The van der Waals surface area contributed by atoms with Crippen molar-refractivity contribution in [3.63, 3.8) is 0 Å². The van der Waals surface area contributed by atoms with Crippen LogP contribution >= 0.6 is 0 Å². The molecular weight excluding hydrogens is 340 g/mol. The number of hydrogen-bond acceptors (Lipinski definition) is 4. The van der Waals surface area contributed by atoms with E-state index in [-0.39, 0.29) is 0 Å². The molecule has 2 N–H and O–H groups in total. The van der Waals surface area contributed by atoms with Gasteiger partial charge in [-0.3, -0.25) is 4.99 Å². The summed E-state index contributed by atoms with van der Waals surface area (Å²) in [5.74, 6) is 1.64. The molecule has 142 valence electrons. The monoisotopic (exact) mass is 366 g/mol. The molecule has 0 unspecified atom stereocenters. The zero-order valence-electron chi connectivity index (χ0n) is 16.1. The Morgan fingerprint density at radius 2 is 1.85 bits per heavy atom. The first-order chi connectivity index (χ1) is 13.2. The fourth-order valence-corrected chi connectivity index (χ4v) is 2.89. The smallest absolute Gasteiger partial charge is 0.191 e. The molecule has 1 aromatic carbocycles. The Balaban J connectivity index is 1.57. The van der Waals surface area contributed by atoms with Crippen molar-refractivity contribution < 1.29 is 4.52 Å². The molecule has 0 atom stereocenters. The number of aryl methyl sites for hydroxylation is 2. The highest BCUT2D eigenvalue weighted by Crippen LogP contribution is 2.15. The minimum absolute atomic E-state index is 0.588. The van der Waals surface area contributed by atoms with Gasteiger partial charge in [-0.2, -0.15) is 5.10 Å². The van der Waals surface area contributed by atoms with Crippen LogP contribution in [0.15, 0.2) is 52.1 Å². The minimum Gasteiger partial charge on any atom is -0.361 e. The van der Waals surface area contributed by atoms with E-state index in [1.807, 2.05) is 47.3 Å². The van der Waals surface area contributed by atoms with Gasteiger partial charge < -0.3 is 15.2 Å². The van der Waals surface area contributed by atoms with E-state index >= 15 is 0 Å². The van der Waals surface area contributed by atoms with Crippen molar-refractivity contribution in [2.45, 2.75) is 39.8 Å². The number of hydrogen-bond donors (Lipinski definition) is 2. The predicted molar refractivity (Wildman–Crippen MR) is 106 cm³/mol. The van der Waals surface area contributed by atoms with Gasteiger partial charge in [-0.15, -0.1) is 0 Å². The van der Waals surface area contributed by atoms with Crippen molar-refractivity contribution in [1.29, 1.82) is 0 Å². The molecular formula is C20H26N6O. The third-order valence-corrected chi connectivity index (χ3v) is 4.37. The van der Waals surface area contributed by atoms with E-state index in [1.54, 1.807) is 7.05 Å². The fraction of sp³-hybridized carbons (Fsp3) is 0.350. The number of nitrogens with zero attached hydrogens (tertiary/aromatic N) is 4. The Morgan fingerprint density at radius 1 is 1.07 bits per heavy atom. The van der Waals surface area contributed by atoms with Crippen LogP contribution in [0.5, 0.6) is 0 Å². The fourth-order valence-electron chi connectivity index (χ4n) is 2.89. The molecule has 27 heavy (non-hydrogen) atoms. The van der Waals surface area contributed by atoms with Crippen LogP contribution in [0.3, 0.4) is 0 Å². The SMILES string of the molecule is CCc1noc(CC)c1CNC(=NC)NCc1ccn(-c2ccccc2)n1. The number of aromatic nitrogens is 3. The maximum atomic E-state index is 5.41. The normalized spacial score (nSPS) is 11.6. The zero-order valence-corrected chi connectivity index (χ0v) is 16.1. The molecule has 0 aliphatic heterocycles. The van der Waals surface area contributed by atoms with Crippen molar-refractivity contribution in [3.05, 3.63) is 65.3 Å². The lowest BCUT2D eigenvalue weighted by Gasteiger charge is -2.11. The number of aliphatic imine (C=N–C) groups is 1. The van der Waals surface area contributed by atoms with Crippen LogP contribution in [0, 0.1) is 0 Å². The number of para-hydroxylation sites is 1. The molecule has 0 radical (unpaired) electrons. The molecule has 0 spiro atoms. The maximum Gasteiger partial charge on any atom is 0.191 e. The first-order valence-corrected chi connectivity index (χ1v) is 9.25. The average molecular weight is 366 g/mol. The molecule has 3 rings (SSSR count). The van der Waals surface area contributed by atoms with Gasteiger partial charge in [0.15, 0.2) is 5.96 Å². The van der Waals surface area contributed by atoms with E-state index in [0.29, 0.717) is 13.1 Å². The topological polar surface area (TPSA) is 80.3 Å². The molecule has 0 fully saturated rings. The van der Waals surface area contributed by atoms with Crippen LogP contribution in [0.4, 0.5) is 0 Å². The van der Waals surface area contributed by atoms with Gasteiger partial charge in [-0.1, -0.05) is 37.2 Å². The van der Waals surface area contributed by atoms with Crippen LogP contribution in [0.1, 0.15) is 36.6 Å². The van der Waals surface area contributed by atoms with Gasteiger partial charge in [-0.25, -0.2) is 4.68 Å². The lowest BCUT2D eigenvalue weighted by atomic mass is 10.1. The standard InChI is InChI=1S/C20H26N6O/c1-4-18-17(19(5-2)27-25-18)14-23-20(21-3)22-13-15-11-12-26(24-15)16-9-7-6-8-10-16/h6-12H,4-5,13-14H2,1-3H3,(H2,21,22,23). The Labute approximate surface area is 159 Å². The minimum atomic E-state index is 0.588. The molecule has 0 amide bonds. The summed E-state index contributed by atoms with van der Waals surface area (Å²) in [5, 5.41) is 15.4. The van der Waals surface area contributed by atoms with E-state index in [2.05, 4.69) is 39.7 Å². The summed E-state index contributed by atoms with van der Waals surface area (Å²) in [6.45, 7) is 5.37. The van der Waals surface area contributed by atoms with E-state index in [9.17, 15) is 0 Å². The maximum absolute atomic E-state index is 5.41. The summed E-state index contributed by atoms with van der Waals surface area (Å²) < 4.78 is 7.28. The molecule has 2 heterocycles. The molecule has 2 aromatic heterocycles. The van der Waals surface area contributed by atoms with Gasteiger partial charge in [-0.05, 0) is 24.6 Å². The molecule has 0 aliphatic rings. The van der Waals surface area contributed by atoms with E-state index in [4.69, 9.17) is 4.52 Å². The Morgan fingerprint density at radius 3 is 2.56 bits per heavy atom. The summed E-state index contributed by atoms with van der Waals surface area (Å²) in [6.07, 6.45) is 3.64. The highest BCUT2D eigenvalue weighted by Gasteiger charge is 2.13. The number of benzene rings is 1. The van der Waals surface area contributed by atoms with Gasteiger partial charge in [0.2, 0.25) is 0 Å². The van der Waals surface area contributed by atoms with Crippen LogP contribution < -0.4 is 10.6 Å². The second kappa shape index (κ2) is 9.02. The molecule has 0 saturated heterocycles. The molecule has 7 heteroatoms. The highest BCUT2D eigenvalue weighted by molar-refractivity contribution is 5.79. The van der Waals surface area contributed by atoms with Gasteiger partial charge >= 0.3 is 0 Å². The van der Waals surface area contributed by atoms with Crippen LogP contribution in [-0.2, 0) is 25.9 Å². The van der Waals surface area contributed by atoms with Crippen LogP contribution in [-0.4, -0.2) is 27.9 Å². The summed E-state index contributed by atoms with van der Waals surface area (Å²) in [4.78, 5) is 4.29. The third kappa shape index (κ3) is 4.55. The van der Waals surface area contributed by atoms with Crippen molar-refractivity contribution >= 4 is 5.96 Å². The van der Waals surface area contributed by atoms with Gasteiger partial charge in [0.1, 0.15) is 5.76 Å². The lowest BCUT2D eigenvalue weighted by Crippen LogP contribution is -2.36. The summed E-state index contributed by atoms with van der Waals surface area (Å²) in [6, 6.07) is 12.0. The summed E-state index contributed by atoms with van der Waals surface area (Å²) in [7, 11) is 1.76. The van der Waals surface area contributed by atoms with Crippen molar-refractivity contribution in [2.24, 2.45) is 4.99 Å². The zero-order chi connectivity index (χ0) is 19.1. The highest BCUT2D eigenvalue weighted by atomic mass is 16.5. The molecule has 0 aliphatic carbocycles. The lowest BCUT2D eigenvalue weighted by molar-refractivity contribution is 0.380. The van der Waals surface area contributed by atoms with Crippen molar-refractivity contribution in [3.8, 4) is 5.69 Å². The number of rotatable bonds is 7. The van der Waals surface area contributed by atoms with E-state index < -0.39 is 0 Å².